The quantitative estimate of drug-likeness (QED) is 0.519. The summed E-state index contributed by atoms with van der Waals surface area (Å²) < 4.78 is 0. The third-order valence-electron chi connectivity index (χ3n) is 2.74. The molecule has 16 heavy (non-hydrogen) atoms. The molecule has 0 aromatic carbocycles. The van der Waals surface area contributed by atoms with E-state index >= 15 is 0 Å². The smallest absolute Gasteiger partial charge is 0.158 e. The Hall–Kier alpha value is -1.69. The highest BCUT2D eigenvalue weighted by Gasteiger charge is 2.19. The lowest BCUT2D eigenvalue weighted by atomic mass is 10.3. The summed E-state index contributed by atoms with van der Waals surface area (Å²) in [7, 11) is 2.10. The van der Waals surface area contributed by atoms with Crippen molar-refractivity contribution in [2.45, 2.75) is 0 Å². The van der Waals surface area contributed by atoms with Crippen molar-refractivity contribution in [3.63, 3.8) is 0 Å². The standard InChI is InChI=1S/C10H16N6/c1-15-4-6-16(7-5-15)10-8(9(11)12)13-2-3-14-10/h2-3H,4-7H2,1H3,(H3,11,12). The van der Waals surface area contributed by atoms with Crippen molar-refractivity contribution in [3.05, 3.63) is 18.1 Å². The maximum atomic E-state index is 7.47. The van der Waals surface area contributed by atoms with Gasteiger partial charge in [0.1, 0.15) is 11.5 Å². The third-order valence-corrected chi connectivity index (χ3v) is 2.74. The predicted molar refractivity (Wildman–Crippen MR) is 62.8 cm³/mol. The molecule has 0 bridgehead atoms. The molecule has 0 saturated carbocycles. The van der Waals surface area contributed by atoms with Gasteiger partial charge in [-0.25, -0.2) is 9.97 Å². The first-order valence-electron chi connectivity index (χ1n) is 5.27. The van der Waals surface area contributed by atoms with Gasteiger partial charge in [0.25, 0.3) is 0 Å². The average Bonchev–Trinajstić information content (AvgIpc) is 2.30. The molecule has 2 heterocycles. The molecule has 0 atom stereocenters. The lowest BCUT2D eigenvalue weighted by Crippen LogP contribution is -2.45. The first-order valence-corrected chi connectivity index (χ1v) is 5.27. The fraction of sp³-hybridized carbons (Fsp3) is 0.500. The highest BCUT2D eigenvalue weighted by atomic mass is 15.3. The minimum absolute atomic E-state index is 0.0259. The van der Waals surface area contributed by atoms with Gasteiger partial charge in [-0.1, -0.05) is 0 Å². The van der Waals surface area contributed by atoms with Gasteiger partial charge in [-0.05, 0) is 7.05 Å². The maximum Gasteiger partial charge on any atom is 0.158 e. The summed E-state index contributed by atoms with van der Waals surface area (Å²) in [6, 6.07) is 0. The van der Waals surface area contributed by atoms with Gasteiger partial charge < -0.3 is 15.5 Å². The molecule has 1 aliphatic rings. The van der Waals surface area contributed by atoms with Gasteiger partial charge >= 0.3 is 0 Å². The van der Waals surface area contributed by atoms with Crippen molar-refractivity contribution in [2.24, 2.45) is 5.73 Å². The van der Waals surface area contributed by atoms with E-state index in [2.05, 4.69) is 26.8 Å². The van der Waals surface area contributed by atoms with E-state index in [4.69, 9.17) is 11.1 Å². The Morgan fingerprint density at radius 3 is 2.50 bits per heavy atom. The normalized spacial score (nSPS) is 17.4. The number of rotatable bonds is 2. The van der Waals surface area contributed by atoms with Crippen molar-refractivity contribution in [3.8, 4) is 0 Å². The fourth-order valence-electron chi connectivity index (χ4n) is 1.77. The van der Waals surface area contributed by atoms with E-state index in [9.17, 15) is 0 Å². The summed E-state index contributed by atoms with van der Waals surface area (Å²) in [5.74, 6) is 0.699. The SMILES string of the molecule is CN1CCN(c2nccnc2C(=N)N)CC1. The van der Waals surface area contributed by atoms with E-state index in [-0.39, 0.29) is 5.84 Å². The molecule has 6 nitrogen and oxygen atoms in total. The monoisotopic (exact) mass is 220 g/mol. The summed E-state index contributed by atoms with van der Waals surface area (Å²) in [5.41, 5.74) is 5.97. The number of nitrogens with zero attached hydrogens (tertiary/aromatic N) is 4. The molecule has 0 unspecified atom stereocenters. The van der Waals surface area contributed by atoms with E-state index < -0.39 is 0 Å². The highest BCUT2D eigenvalue weighted by Crippen LogP contribution is 2.15. The van der Waals surface area contributed by atoms with Gasteiger partial charge in [0.2, 0.25) is 0 Å². The van der Waals surface area contributed by atoms with E-state index in [1.165, 1.54) is 0 Å². The zero-order valence-corrected chi connectivity index (χ0v) is 9.35. The van der Waals surface area contributed by atoms with Crippen LogP contribution >= 0.6 is 0 Å². The molecule has 1 saturated heterocycles. The zero-order chi connectivity index (χ0) is 11.5. The van der Waals surface area contributed by atoms with Gasteiger partial charge in [-0.3, -0.25) is 5.41 Å². The van der Waals surface area contributed by atoms with E-state index in [1.54, 1.807) is 12.4 Å². The van der Waals surface area contributed by atoms with Crippen LogP contribution in [0.4, 0.5) is 5.82 Å². The molecule has 0 radical (unpaired) electrons. The van der Waals surface area contributed by atoms with Crippen LogP contribution in [0, 0.1) is 5.41 Å². The molecule has 0 amide bonds. The van der Waals surface area contributed by atoms with Crippen molar-refractivity contribution >= 4 is 11.7 Å². The third kappa shape index (κ3) is 2.11. The van der Waals surface area contributed by atoms with Gasteiger partial charge in [0.15, 0.2) is 5.82 Å². The Kier molecular flexibility index (Phi) is 3.00. The first kappa shape index (κ1) is 10.8. The Balaban J connectivity index is 2.23. The largest absolute Gasteiger partial charge is 0.382 e. The second kappa shape index (κ2) is 4.44. The van der Waals surface area contributed by atoms with Crippen LogP contribution in [0.3, 0.4) is 0 Å². The highest BCUT2D eigenvalue weighted by molar-refractivity contribution is 5.97. The molecule has 1 fully saturated rings. The Morgan fingerprint density at radius 2 is 1.88 bits per heavy atom. The number of nitrogen functional groups attached to an aromatic ring is 1. The van der Waals surface area contributed by atoms with Crippen LogP contribution in [0.25, 0.3) is 0 Å². The molecule has 1 aromatic heterocycles. The van der Waals surface area contributed by atoms with Crippen molar-refractivity contribution in [1.29, 1.82) is 5.41 Å². The van der Waals surface area contributed by atoms with Crippen LogP contribution in [0.2, 0.25) is 0 Å². The van der Waals surface area contributed by atoms with Crippen LogP contribution in [0.15, 0.2) is 12.4 Å². The van der Waals surface area contributed by atoms with Gasteiger partial charge in [0, 0.05) is 38.6 Å². The second-order valence-corrected chi connectivity index (χ2v) is 3.93. The van der Waals surface area contributed by atoms with Gasteiger partial charge in [-0.2, -0.15) is 0 Å². The molecular weight excluding hydrogens is 204 g/mol. The molecule has 2 rings (SSSR count). The number of aromatic nitrogens is 2. The zero-order valence-electron chi connectivity index (χ0n) is 9.35. The summed E-state index contributed by atoms with van der Waals surface area (Å²) in [6.07, 6.45) is 3.20. The van der Waals surface area contributed by atoms with Crippen LogP contribution in [0.5, 0.6) is 0 Å². The Bertz CT molecular complexity index is 383. The van der Waals surface area contributed by atoms with E-state index in [1.807, 2.05) is 0 Å². The van der Waals surface area contributed by atoms with Gasteiger partial charge in [-0.15, -0.1) is 0 Å². The molecule has 86 valence electrons. The molecule has 1 aromatic rings. The molecular formula is C10H16N6. The van der Waals surface area contributed by atoms with Crippen molar-refractivity contribution in [1.82, 2.24) is 14.9 Å². The van der Waals surface area contributed by atoms with Crippen LogP contribution in [-0.2, 0) is 0 Å². The van der Waals surface area contributed by atoms with E-state index in [0.29, 0.717) is 5.69 Å². The number of piperazine rings is 1. The van der Waals surface area contributed by atoms with Crippen LogP contribution in [0.1, 0.15) is 5.69 Å². The Morgan fingerprint density at radius 1 is 1.25 bits per heavy atom. The lowest BCUT2D eigenvalue weighted by molar-refractivity contribution is 0.312. The van der Waals surface area contributed by atoms with Gasteiger partial charge in [0.05, 0.1) is 0 Å². The molecule has 1 aliphatic heterocycles. The lowest BCUT2D eigenvalue weighted by Gasteiger charge is -2.33. The Labute approximate surface area is 94.6 Å². The molecule has 3 N–H and O–H groups in total. The number of amidine groups is 1. The average molecular weight is 220 g/mol. The number of hydrogen-bond acceptors (Lipinski definition) is 5. The number of hydrogen-bond donors (Lipinski definition) is 2. The number of likely N-dealkylation sites (N-methyl/N-ethyl adjacent to an activating group) is 1. The summed E-state index contributed by atoms with van der Waals surface area (Å²) in [4.78, 5) is 12.8. The summed E-state index contributed by atoms with van der Waals surface area (Å²) in [6.45, 7) is 3.78. The number of anilines is 1. The second-order valence-electron chi connectivity index (χ2n) is 3.93. The maximum absolute atomic E-state index is 7.47. The minimum atomic E-state index is -0.0259. The number of nitrogens with two attached hydrogens (primary N) is 1. The van der Waals surface area contributed by atoms with Crippen LogP contribution in [-0.4, -0.2) is 53.9 Å². The molecule has 6 heteroatoms. The molecule has 0 spiro atoms. The summed E-state index contributed by atoms with van der Waals surface area (Å²) >= 11 is 0. The molecule has 0 aliphatic carbocycles. The van der Waals surface area contributed by atoms with Crippen molar-refractivity contribution in [2.75, 3.05) is 38.1 Å². The first-order chi connectivity index (χ1) is 7.68. The van der Waals surface area contributed by atoms with Crippen molar-refractivity contribution < 1.29 is 0 Å². The van der Waals surface area contributed by atoms with Crippen LogP contribution < -0.4 is 10.6 Å². The van der Waals surface area contributed by atoms with E-state index in [0.717, 1.165) is 32.0 Å². The topological polar surface area (TPSA) is 82.1 Å². The number of nitrogens with one attached hydrogen (secondary N) is 1. The predicted octanol–water partition coefficient (Wildman–Crippen LogP) is -0.488. The fourth-order valence-corrected chi connectivity index (χ4v) is 1.77. The summed E-state index contributed by atoms with van der Waals surface area (Å²) in [5, 5.41) is 7.47. The minimum Gasteiger partial charge on any atom is -0.382 e.